The van der Waals surface area contributed by atoms with E-state index >= 15 is 0 Å². The molecule has 1 aliphatic heterocycles. The molecule has 0 amide bonds. The molecule has 0 bridgehead atoms. The Morgan fingerprint density at radius 1 is 1.28 bits per heavy atom. The summed E-state index contributed by atoms with van der Waals surface area (Å²) in [6, 6.07) is 8.11. The van der Waals surface area contributed by atoms with Crippen LogP contribution in [0.15, 0.2) is 24.3 Å². The van der Waals surface area contributed by atoms with Gasteiger partial charge in [-0.3, -0.25) is 0 Å². The lowest BCUT2D eigenvalue weighted by atomic mass is 10.2. The fraction of sp³-hybridized carbons (Fsp3) is 0.571. The molecule has 1 aromatic rings. The first-order valence-electron chi connectivity index (χ1n) is 6.66. The third-order valence-electron chi connectivity index (χ3n) is 3.16. The van der Waals surface area contributed by atoms with Crippen molar-refractivity contribution in [2.75, 3.05) is 30.0 Å². The minimum atomic E-state index is -1.09. The Morgan fingerprint density at radius 2 is 1.94 bits per heavy atom. The average molecular weight is 264 g/mol. The van der Waals surface area contributed by atoms with E-state index in [2.05, 4.69) is 36.7 Å². The van der Waals surface area contributed by atoms with Gasteiger partial charge in [0.1, 0.15) is 0 Å². The summed E-state index contributed by atoms with van der Waals surface area (Å²) in [5.41, 5.74) is 7.79. The van der Waals surface area contributed by atoms with Crippen LogP contribution in [-0.4, -0.2) is 33.5 Å². The molecule has 0 aromatic heterocycles. The SMILES string of the molecule is C[Si](C)(C)COC1CCN(c2ccc(N)cc2)C1. The molecule has 2 N–H and O–H groups in total. The largest absolute Gasteiger partial charge is 0.399 e. The minimum absolute atomic E-state index is 0.397. The van der Waals surface area contributed by atoms with Crippen LogP contribution in [0.2, 0.25) is 19.6 Å². The number of hydrogen-bond acceptors (Lipinski definition) is 3. The van der Waals surface area contributed by atoms with Crippen LogP contribution in [0, 0.1) is 0 Å². The minimum Gasteiger partial charge on any atom is -0.399 e. The van der Waals surface area contributed by atoms with Gasteiger partial charge in [-0.2, -0.15) is 0 Å². The molecular weight excluding hydrogens is 240 g/mol. The van der Waals surface area contributed by atoms with Crippen molar-refractivity contribution >= 4 is 19.4 Å². The first-order valence-corrected chi connectivity index (χ1v) is 10.4. The summed E-state index contributed by atoms with van der Waals surface area (Å²) in [4.78, 5) is 2.38. The maximum Gasteiger partial charge on any atom is 0.0762 e. The zero-order valence-electron chi connectivity index (χ0n) is 11.6. The number of anilines is 2. The Morgan fingerprint density at radius 3 is 2.56 bits per heavy atom. The van der Waals surface area contributed by atoms with Gasteiger partial charge in [-0.05, 0) is 30.7 Å². The molecule has 0 aliphatic carbocycles. The smallest absolute Gasteiger partial charge is 0.0762 e. The summed E-state index contributed by atoms with van der Waals surface area (Å²) in [7, 11) is -1.09. The monoisotopic (exact) mass is 264 g/mol. The van der Waals surface area contributed by atoms with E-state index in [0.717, 1.165) is 31.4 Å². The van der Waals surface area contributed by atoms with Crippen LogP contribution in [-0.2, 0) is 4.74 Å². The number of hydrogen-bond donors (Lipinski definition) is 1. The van der Waals surface area contributed by atoms with Crippen molar-refractivity contribution in [2.45, 2.75) is 32.2 Å². The van der Waals surface area contributed by atoms with Crippen molar-refractivity contribution < 1.29 is 4.74 Å². The summed E-state index contributed by atoms with van der Waals surface area (Å²) in [6.45, 7) is 9.13. The molecule has 100 valence electrons. The molecule has 3 nitrogen and oxygen atoms in total. The van der Waals surface area contributed by atoms with Gasteiger partial charge in [-0.1, -0.05) is 19.6 Å². The first-order chi connectivity index (χ1) is 8.44. The third-order valence-corrected chi connectivity index (χ3v) is 4.19. The Hall–Kier alpha value is -1.00. The summed E-state index contributed by atoms with van der Waals surface area (Å²) in [6.07, 6.45) is 2.50. The number of benzene rings is 1. The van der Waals surface area contributed by atoms with E-state index in [1.165, 1.54) is 5.69 Å². The molecule has 1 aromatic carbocycles. The van der Waals surface area contributed by atoms with E-state index in [-0.39, 0.29) is 0 Å². The molecule has 0 spiro atoms. The van der Waals surface area contributed by atoms with E-state index in [1.54, 1.807) is 0 Å². The highest BCUT2D eigenvalue weighted by molar-refractivity contribution is 6.76. The highest BCUT2D eigenvalue weighted by atomic mass is 28.3. The Balaban J connectivity index is 1.86. The molecular formula is C14H24N2OSi. The third kappa shape index (κ3) is 3.75. The molecule has 1 aliphatic rings. The van der Waals surface area contributed by atoms with Crippen LogP contribution in [0.3, 0.4) is 0 Å². The van der Waals surface area contributed by atoms with Crippen LogP contribution in [0.5, 0.6) is 0 Å². The highest BCUT2D eigenvalue weighted by Gasteiger charge is 2.25. The van der Waals surface area contributed by atoms with Crippen LogP contribution < -0.4 is 10.6 Å². The number of nitrogens with two attached hydrogens (primary N) is 1. The number of ether oxygens (including phenoxy) is 1. The molecule has 0 radical (unpaired) electrons. The second-order valence-electron chi connectivity index (χ2n) is 6.32. The van der Waals surface area contributed by atoms with Gasteiger partial charge in [0.05, 0.1) is 14.2 Å². The predicted octanol–water partition coefficient (Wildman–Crippen LogP) is 2.74. The van der Waals surface area contributed by atoms with Crippen LogP contribution >= 0.6 is 0 Å². The fourth-order valence-corrected chi connectivity index (χ4v) is 2.89. The Labute approximate surface area is 111 Å². The van der Waals surface area contributed by atoms with Crippen molar-refractivity contribution in [1.82, 2.24) is 0 Å². The molecule has 0 saturated carbocycles. The molecule has 1 unspecified atom stereocenters. The van der Waals surface area contributed by atoms with Crippen LogP contribution in [0.4, 0.5) is 11.4 Å². The second kappa shape index (κ2) is 5.32. The zero-order chi connectivity index (χ0) is 13.2. The summed E-state index contributed by atoms with van der Waals surface area (Å²) in [5.74, 6) is 0. The topological polar surface area (TPSA) is 38.5 Å². The lowest BCUT2D eigenvalue weighted by Crippen LogP contribution is -2.32. The fourth-order valence-electron chi connectivity index (χ4n) is 2.15. The Bertz CT molecular complexity index is 386. The van der Waals surface area contributed by atoms with E-state index in [1.807, 2.05) is 12.1 Å². The Kier molecular flexibility index (Phi) is 3.97. The number of nitrogen functional groups attached to an aromatic ring is 1. The van der Waals surface area contributed by atoms with Crippen molar-refractivity contribution in [2.24, 2.45) is 0 Å². The molecule has 18 heavy (non-hydrogen) atoms. The van der Waals surface area contributed by atoms with Crippen molar-refractivity contribution in [1.29, 1.82) is 0 Å². The van der Waals surface area contributed by atoms with Crippen molar-refractivity contribution in [3.63, 3.8) is 0 Å². The van der Waals surface area contributed by atoms with E-state index < -0.39 is 8.07 Å². The maximum atomic E-state index is 6.04. The van der Waals surface area contributed by atoms with Crippen LogP contribution in [0.1, 0.15) is 6.42 Å². The maximum absolute atomic E-state index is 6.04. The molecule has 1 atom stereocenters. The van der Waals surface area contributed by atoms with Crippen molar-refractivity contribution in [3.8, 4) is 0 Å². The van der Waals surface area contributed by atoms with Gasteiger partial charge in [0.2, 0.25) is 0 Å². The van der Waals surface area contributed by atoms with Gasteiger partial charge in [-0.25, -0.2) is 0 Å². The lowest BCUT2D eigenvalue weighted by molar-refractivity contribution is 0.0996. The molecule has 1 saturated heterocycles. The van der Waals surface area contributed by atoms with Gasteiger partial charge in [0.15, 0.2) is 0 Å². The van der Waals surface area contributed by atoms with Gasteiger partial charge in [0.25, 0.3) is 0 Å². The first kappa shape index (κ1) is 13.4. The second-order valence-corrected chi connectivity index (χ2v) is 11.7. The summed E-state index contributed by atoms with van der Waals surface area (Å²) in [5, 5.41) is 0. The van der Waals surface area contributed by atoms with Gasteiger partial charge in [-0.15, -0.1) is 0 Å². The molecule has 4 heteroatoms. The highest BCUT2D eigenvalue weighted by Crippen LogP contribution is 2.23. The molecule has 1 heterocycles. The van der Waals surface area contributed by atoms with E-state index in [0.29, 0.717) is 6.10 Å². The normalized spacial score (nSPS) is 20.4. The molecule has 2 rings (SSSR count). The number of nitrogens with zero attached hydrogens (tertiary/aromatic N) is 1. The van der Waals surface area contributed by atoms with E-state index in [9.17, 15) is 0 Å². The average Bonchev–Trinajstić information content (AvgIpc) is 2.75. The predicted molar refractivity (Wildman–Crippen MR) is 80.8 cm³/mol. The summed E-state index contributed by atoms with van der Waals surface area (Å²) < 4.78 is 6.04. The summed E-state index contributed by atoms with van der Waals surface area (Å²) >= 11 is 0. The lowest BCUT2D eigenvalue weighted by Gasteiger charge is -2.21. The van der Waals surface area contributed by atoms with Crippen molar-refractivity contribution in [3.05, 3.63) is 24.3 Å². The van der Waals surface area contributed by atoms with Gasteiger partial charge in [0, 0.05) is 30.7 Å². The van der Waals surface area contributed by atoms with Crippen LogP contribution in [0.25, 0.3) is 0 Å². The molecule has 1 fully saturated rings. The van der Waals surface area contributed by atoms with Gasteiger partial charge >= 0.3 is 0 Å². The zero-order valence-corrected chi connectivity index (χ0v) is 12.6. The number of rotatable bonds is 4. The quantitative estimate of drug-likeness (QED) is 0.671. The standard InChI is InChI=1S/C14H24N2OSi/c1-18(2,3)11-17-14-8-9-16(10-14)13-6-4-12(15)5-7-13/h4-7,14H,8-11,15H2,1-3H3. The van der Waals surface area contributed by atoms with E-state index in [4.69, 9.17) is 10.5 Å². The van der Waals surface area contributed by atoms with Gasteiger partial charge < -0.3 is 15.4 Å².